The molecule has 0 spiro atoms. The molecule has 0 saturated heterocycles. The Kier molecular flexibility index (Phi) is 5.85. The van der Waals surface area contributed by atoms with Gasteiger partial charge in [0.1, 0.15) is 13.2 Å². The molecule has 2 aromatic heterocycles. The average Bonchev–Trinajstić information content (AvgIpc) is 3.61. The van der Waals surface area contributed by atoms with Gasteiger partial charge in [-0.1, -0.05) is 48.5 Å². The van der Waals surface area contributed by atoms with Gasteiger partial charge < -0.3 is 9.47 Å². The van der Waals surface area contributed by atoms with Gasteiger partial charge in [0.05, 0.1) is 33.6 Å². The molecule has 216 valence electrons. The molecule has 0 amide bonds. The Morgan fingerprint density at radius 1 is 0.477 bits per heavy atom. The van der Waals surface area contributed by atoms with E-state index in [-0.39, 0.29) is 11.1 Å². The largest absolute Gasteiger partial charge is 0.475 e. The predicted molar refractivity (Wildman–Crippen MR) is 179 cm³/mol. The fraction of sp³-hybridized carbons (Fsp3) is 0.211. The molecular formula is C38H32N4O2. The minimum Gasteiger partial charge on any atom is -0.475 e. The SMILES string of the molecule is CC1(C)COC(c2ccc(-c3ccc4c5ccc(-c6ccc(C7=NC(C)(C)CO7)cn6)cc5c5ccccc5c4c3)nc2)=N1. The van der Waals surface area contributed by atoms with Crippen LogP contribution >= 0.6 is 0 Å². The lowest BCUT2D eigenvalue weighted by Crippen LogP contribution is -2.17. The van der Waals surface area contributed by atoms with Gasteiger partial charge in [0.2, 0.25) is 11.8 Å². The van der Waals surface area contributed by atoms with Crippen LogP contribution in [0.3, 0.4) is 0 Å². The third-order valence-electron chi connectivity index (χ3n) is 8.38. The van der Waals surface area contributed by atoms with E-state index in [9.17, 15) is 0 Å². The number of ether oxygens (including phenoxy) is 2. The monoisotopic (exact) mass is 576 g/mol. The van der Waals surface area contributed by atoms with Gasteiger partial charge in [-0.3, -0.25) is 9.97 Å². The van der Waals surface area contributed by atoms with Crippen molar-refractivity contribution < 1.29 is 9.47 Å². The van der Waals surface area contributed by atoms with Gasteiger partial charge in [-0.2, -0.15) is 0 Å². The highest BCUT2D eigenvalue weighted by atomic mass is 16.5. The molecule has 6 heteroatoms. The first-order chi connectivity index (χ1) is 21.2. The molecular weight excluding hydrogens is 544 g/mol. The third kappa shape index (κ3) is 4.58. The van der Waals surface area contributed by atoms with Gasteiger partial charge in [0.15, 0.2) is 0 Å². The molecule has 0 atom stereocenters. The van der Waals surface area contributed by atoms with E-state index in [0.29, 0.717) is 25.0 Å². The van der Waals surface area contributed by atoms with Crippen LogP contribution in [0.25, 0.3) is 54.8 Å². The first-order valence-corrected chi connectivity index (χ1v) is 15.0. The Bertz CT molecular complexity index is 1990. The summed E-state index contributed by atoms with van der Waals surface area (Å²) >= 11 is 0. The van der Waals surface area contributed by atoms with Crippen molar-refractivity contribution in [3.8, 4) is 22.5 Å². The van der Waals surface area contributed by atoms with Crippen molar-refractivity contribution in [1.29, 1.82) is 0 Å². The Morgan fingerprint density at radius 3 is 1.25 bits per heavy atom. The maximum atomic E-state index is 5.81. The number of hydrogen-bond donors (Lipinski definition) is 0. The smallest absolute Gasteiger partial charge is 0.218 e. The van der Waals surface area contributed by atoms with Gasteiger partial charge in [-0.05, 0) is 96.4 Å². The van der Waals surface area contributed by atoms with E-state index in [1.54, 1.807) is 0 Å². The minimum absolute atomic E-state index is 0.199. The number of hydrogen-bond acceptors (Lipinski definition) is 6. The summed E-state index contributed by atoms with van der Waals surface area (Å²) in [7, 11) is 0. The number of fused-ring (bicyclic) bond motifs is 6. The van der Waals surface area contributed by atoms with Crippen LogP contribution in [0, 0.1) is 0 Å². The third-order valence-corrected chi connectivity index (χ3v) is 8.38. The normalized spacial score (nSPS) is 17.0. The molecule has 6 aromatic rings. The van der Waals surface area contributed by atoms with Crippen LogP contribution in [0.2, 0.25) is 0 Å². The van der Waals surface area contributed by atoms with Crippen molar-refractivity contribution in [2.24, 2.45) is 9.98 Å². The van der Waals surface area contributed by atoms with Gasteiger partial charge >= 0.3 is 0 Å². The lowest BCUT2D eigenvalue weighted by molar-refractivity contribution is 0.279. The number of rotatable bonds is 4. The summed E-state index contributed by atoms with van der Waals surface area (Å²) in [5.41, 5.74) is 5.39. The molecule has 0 N–H and O–H groups in total. The average molecular weight is 577 g/mol. The molecule has 8 rings (SSSR count). The standard InChI is InChI=1S/C38H32N4O2/c1-37(2)21-43-35(41-37)25-11-15-33(39-19-25)23-9-13-29-30-14-10-24(18-32(30)28-8-6-5-7-27(28)31(29)17-23)34-16-12-26(20-40-34)36-42-38(3,4)22-44-36/h5-20H,21-22H2,1-4H3. The molecule has 44 heavy (non-hydrogen) atoms. The van der Waals surface area contributed by atoms with Crippen LogP contribution in [-0.2, 0) is 9.47 Å². The molecule has 0 bridgehead atoms. The van der Waals surface area contributed by atoms with E-state index in [1.165, 1.54) is 32.3 Å². The van der Waals surface area contributed by atoms with Crippen molar-refractivity contribution in [1.82, 2.24) is 9.97 Å². The number of aromatic nitrogens is 2. The summed E-state index contributed by atoms with van der Waals surface area (Å²) < 4.78 is 11.6. The van der Waals surface area contributed by atoms with Crippen molar-refractivity contribution in [3.05, 3.63) is 108 Å². The van der Waals surface area contributed by atoms with Crippen molar-refractivity contribution in [3.63, 3.8) is 0 Å². The van der Waals surface area contributed by atoms with Crippen molar-refractivity contribution in [2.45, 2.75) is 38.8 Å². The Labute approximate surface area is 256 Å². The topological polar surface area (TPSA) is 69.0 Å². The highest BCUT2D eigenvalue weighted by Crippen LogP contribution is 2.38. The maximum absolute atomic E-state index is 5.81. The van der Waals surface area contributed by atoms with Crippen LogP contribution < -0.4 is 0 Å². The number of benzene rings is 4. The van der Waals surface area contributed by atoms with E-state index in [1.807, 2.05) is 36.7 Å². The molecule has 0 aliphatic carbocycles. The second-order valence-corrected chi connectivity index (χ2v) is 13.0. The zero-order chi connectivity index (χ0) is 30.1. The van der Waals surface area contributed by atoms with E-state index in [2.05, 4.69) is 98.3 Å². The Balaban J connectivity index is 1.18. The van der Waals surface area contributed by atoms with E-state index in [4.69, 9.17) is 19.4 Å². The molecule has 0 saturated carbocycles. The summed E-state index contributed by atoms with van der Waals surface area (Å²) in [6.45, 7) is 9.46. The second kappa shape index (κ2) is 9.71. The van der Waals surface area contributed by atoms with Gasteiger partial charge in [0.25, 0.3) is 0 Å². The van der Waals surface area contributed by atoms with Crippen LogP contribution in [0.15, 0.2) is 107 Å². The minimum atomic E-state index is -0.199. The molecule has 0 unspecified atom stereocenters. The quantitative estimate of drug-likeness (QED) is 0.198. The first-order valence-electron chi connectivity index (χ1n) is 15.0. The lowest BCUT2D eigenvalue weighted by atomic mass is 9.91. The summed E-state index contributed by atoms with van der Waals surface area (Å²) in [4.78, 5) is 19.0. The molecule has 2 aliphatic rings. The second-order valence-electron chi connectivity index (χ2n) is 13.0. The van der Waals surface area contributed by atoms with Crippen molar-refractivity contribution >= 4 is 44.1 Å². The van der Waals surface area contributed by atoms with Gasteiger partial charge in [-0.25, -0.2) is 9.98 Å². The van der Waals surface area contributed by atoms with Crippen molar-refractivity contribution in [2.75, 3.05) is 13.2 Å². The first kappa shape index (κ1) is 26.5. The molecule has 2 aliphatic heterocycles. The highest BCUT2D eigenvalue weighted by molar-refractivity contribution is 6.26. The number of nitrogens with zero attached hydrogens (tertiary/aromatic N) is 4. The zero-order valence-corrected chi connectivity index (χ0v) is 25.3. The maximum Gasteiger partial charge on any atom is 0.218 e. The molecule has 6 nitrogen and oxygen atoms in total. The summed E-state index contributed by atoms with van der Waals surface area (Å²) in [6.07, 6.45) is 3.71. The number of aliphatic imine (C=N–C) groups is 2. The molecule has 0 fully saturated rings. The van der Waals surface area contributed by atoms with E-state index < -0.39 is 0 Å². The van der Waals surface area contributed by atoms with Gasteiger partial charge in [0, 0.05) is 23.5 Å². The van der Waals surface area contributed by atoms with Gasteiger partial charge in [-0.15, -0.1) is 0 Å². The summed E-state index contributed by atoms with van der Waals surface area (Å²) in [5.74, 6) is 1.33. The van der Waals surface area contributed by atoms with E-state index in [0.717, 1.165) is 33.6 Å². The zero-order valence-electron chi connectivity index (χ0n) is 25.3. The predicted octanol–water partition coefficient (Wildman–Crippen LogP) is 8.38. The van der Waals surface area contributed by atoms with Crippen LogP contribution in [0.4, 0.5) is 0 Å². The van der Waals surface area contributed by atoms with Crippen LogP contribution in [0.5, 0.6) is 0 Å². The highest BCUT2D eigenvalue weighted by Gasteiger charge is 2.28. The van der Waals surface area contributed by atoms with Crippen LogP contribution in [-0.4, -0.2) is 46.1 Å². The fourth-order valence-electron chi connectivity index (χ4n) is 6.12. The summed E-state index contributed by atoms with van der Waals surface area (Å²) in [5, 5.41) is 7.26. The van der Waals surface area contributed by atoms with E-state index >= 15 is 0 Å². The van der Waals surface area contributed by atoms with Crippen LogP contribution in [0.1, 0.15) is 38.8 Å². The summed E-state index contributed by atoms with van der Waals surface area (Å²) in [6, 6.07) is 30.1. The molecule has 4 heterocycles. The number of pyridine rings is 2. The molecule has 0 radical (unpaired) electrons. The Hall–Kier alpha value is -5.10. The molecule has 4 aromatic carbocycles. The lowest BCUT2D eigenvalue weighted by Gasteiger charge is -2.13. The Morgan fingerprint density at radius 2 is 0.886 bits per heavy atom. The fourth-order valence-corrected chi connectivity index (χ4v) is 6.12.